The fraction of sp³-hybridized carbons (Fsp3) is 0.214. The van der Waals surface area contributed by atoms with Gasteiger partial charge in [-0.25, -0.2) is 0 Å². The highest BCUT2D eigenvalue weighted by molar-refractivity contribution is 9.10. The summed E-state index contributed by atoms with van der Waals surface area (Å²) in [5.74, 6) is 0.532. The van der Waals surface area contributed by atoms with Gasteiger partial charge in [-0.15, -0.1) is 4.91 Å². The lowest BCUT2D eigenvalue weighted by Gasteiger charge is -2.14. The van der Waals surface area contributed by atoms with Crippen LogP contribution in [0.4, 0.5) is 13.2 Å². The van der Waals surface area contributed by atoms with E-state index in [0.717, 1.165) is 6.07 Å². The minimum Gasteiger partial charge on any atom is -0.496 e. The maximum absolute atomic E-state index is 12.6. The van der Waals surface area contributed by atoms with E-state index in [4.69, 9.17) is 16.3 Å². The molecule has 0 bridgehead atoms. The Morgan fingerprint density at radius 1 is 1.35 bits per heavy atom. The van der Waals surface area contributed by atoms with Crippen LogP contribution in [0.1, 0.15) is 22.9 Å². The molecule has 0 aliphatic heterocycles. The summed E-state index contributed by atoms with van der Waals surface area (Å²) in [6.45, 7) is 0. The molecule has 0 aliphatic rings. The molecule has 0 amide bonds. The predicted octanol–water partition coefficient (Wildman–Crippen LogP) is 5.38. The number of aromatic nitrogens is 1. The average Bonchev–Trinajstić information content (AvgIpc) is 2.48. The fourth-order valence-electron chi connectivity index (χ4n) is 1.93. The van der Waals surface area contributed by atoms with Gasteiger partial charge in [0.1, 0.15) is 5.75 Å². The van der Waals surface area contributed by atoms with Crippen LogP contribution in [0.5, 0.6) is 5.75 Å². The van der Waals surface area contributed by atoms with E-state index in [9.17, 15) is 18.1 Å². The van der Waals surface area contributed by atoms with Crippen molar-refractivity contribution in [3.63, 3.8) is 0 Å². The van der Waals surface area contributed by atoms with Gasteiger partial charge in [0, 0.05) is 6.20 Å². The van der Waals surface area contributed by atoms with Gasteiger partial charge < -0.3 is 4.74 Å². The molecule has 0 saturated carbocycles. The van der Waals surface area contributed by atoms with Crippen LogP contribution in [0.3, 0.4) is 0 Å². The van der Waals surface area contributed by atoms with Gasteiger partial charge in [0.15, 0.2) is 6.04 Å². The smallest absolute Gasteiger partial charge is 0.417 e. The van der Waals surface area contributed by atoms with Crippen molar-refractivity contribution in [2.45, 2.75) is 12.2 Å². The van der Waals surface area contributed by atoms with Crippen molar-refractivity contribution in [1.82, 2.24) is 4.98 Å². The molecule has 1 heterocycles. The second kappa shape index (κ2) is 6.84. The number of hydrogen-bond donors (Lipinski definition) is 0. The number of benzene rings is 1. The van der Waals surface area contributed by atoms with E-state index in [-0.39, 0.29) is 10.7 Å². The molecule has 0 aliphatic carbocycles. The molecule has 0 radical (unpaired) electrons. The fourth-order valence-corrected chi connectivity index (χ4v) is 2.75. The monoisotopic (exact) mass is 408 g/mol. The van der Waals surface area contributed by atoms with Crippen molar-refractivity contribution < 1.29 is 17.9 Å². The summed E-state index contributed by atoms with van der Waals surface area (Å²) in [6.07, 6.45) is -3.94. The van der Waals surface area contributed by atoms with Gasteiger partial charge in [0.2, 0.25) is 0 Å². The van der Waals surface area contributed by atoms with Crippen molar-refractivity contribution in [3.05, 3.63) is 61.7 Å². The lowest BCUT2D eigenvalue weighted by Crippen LogP contribution is -2.08. The Morgan fingerprint density at radius 3 is 2.52 bits per heavy atom. The second-order valence-corrected chi connectivity index (χ2v) is 5.75. The van der Waals surface area contributed by atoms with Crippen LogP contribution in [-0.2, 0) is 6.18 Å². The van der Waals surface area contributed by atoms with Gasteiger partial charge in [-0.1, -0.05) is 22.8 Å². The number of hydrogen-bond acceptors (Lipinski definition) is 4. The Labute approximate surface area is 142 Å². The summed E-state index contributed by atoms with van der Waals surface area (Å²) in [6, 6.07) is 4.31. The normalized spacial score (nSPS) is 12.8. The molecule has 0 fully saturated rings. The van der Waals surface area contributed by atoms with Gasteiger partial charge in [0.05, 0.1) is 27.9 Å². The van der Waals surface area contributed by atoms with Crippen molar-refractivity contribution in [1.29, 1.82) is 0 Å². The van der Waals surface area contributed by atoms with Gasteiger partial charge in [-0.3, -0.25) is 4.98 Å². The van der Waals surface area contributed by atoms with Gasteiger partial charge in [0.25, 0.3) is 0 Å². The Morgan fingerprint density at radius 2 is 2.04 bits per heavy atom. The van der Waals surface area contributed by atoms with Crippen LogP contribution in [0.15, 0.2) is 40.1 Å². The predicted molar refractivity (Wildman–Crippen MR) is 82.6 cm³/mol. The molecule has 0 N–H and O–H groups in total. The number of alkyl halides is 3. The number of nitroso groups, excluding NO2 is 1. The van der Waals surface area contributed by atoms with E-state index in [1.807, 2.05) is 0 Å². The average molecular weight is 410 g/mol. The standard InChI is InChI=1S/C14H9BrClF3N2O2/c1-23-11-3-2-7(4-9(11)15)12(21-22)13-10(16)5-8(6-20-13)14(17,18)19/h2-6,12H,1H3. The Hall–Kier alpha value is -1.67. The number of halogens is 5. The molecule has 1 atom stereocenters. The number of nitrogens with zero attached hydrogens (tertiary/aromatic N) is 2. The zero-order valence-electron chi connectivity index (χ0n) is 11.6. The first kappa shape index (κ1) is 17.7. The van der Waals surface area contributed by atoms with E-state index in [1.165, 1.54) is 7.11 Å². The third-order valence-corrected chi connectivity index (χ3v) is 3.98. The van der Waals surface area contributed by atoms with E-state index in [0.29, 0.717) is 22.0 Å². The summed E-state index contributed by atoms with van der Waals surface area (Å²) in [4.78, 5) is 14.9. The minimum atomic E-state index is -4.57. The molecule has 23 heavy (non-hydrogen) atoms. The van der Waals surface area contributed by atoms with Crippen molar-refractivity contribution in [2.24, 2.45) is 5.18 Å². The van der Waals surface area contributed by atoms with E-state index < -0.39 is 17.8 Å². The number of ether oxygens (including phenoxy) is 1. The zero-order valence-corrected chi connectivity index (χ0v) is 13.9. The Bertz CT molecular complexity index is 740. The molecule has 4 nitrogen and oxygen atoms in total. The number of methoxy groups -OCH3 is 1. The zero-order chi connectivity index (χ0) is 17.2. The maximum Gasteiger partial charge on any atom is 0.417 e. The van der Waals surface area contributed by atoms with Crippen molar-refractivity contribution in [2.75, 3.05) is 7.11 Å². The highest BCUT2D eigenvalue weighted by atomic mass is 79.9. The SMILES string of the molecule is COc1ccc(C(N=O)c2ncc(C(F)(F)F)cc2Cl)cc1Br. The molecule has 1 aromatic carbocycles. The van der Waals surface area contributed by atoms with E-state index in [1.54, 1.807) is 18.2 Å². The van der Waals surface area contributed by atoms with E-state index >= 15 is 0 Å². The van der Waals surface area contributed by atoms with Crippen molar-refractivity contribution >= 4 is 27.5 Å². The topological polar surface area (TPSA) is 51.5 Å². The number of rotatable bonds is 4. The molecule has 2 aromatic rings. The molecule has 122 valence electrons. The molecular weight excluding hydrogens is 401 g/mol. The lowest BCUT2D eigenvalue weighted by molar-refractivity contribution is -0.137. The Balaban J connectivity index is 2.46. The van der Waals surface area contributed by atoms with Gasteiger partial charge >= 0.3 is 6.18 Å². The third-order valence-electron chi connectivity index (χ3n) is 3.05. The number of pyridine rings is 1. The third kappa shape index (κ3) is 3.81. The highest BCUT2D eigenvalue weighted by Gasteiger charge is 2.32. The van der Waals surface area contributed by atoms with Crippen LogP contribution in [0.2, 0.25) is 5.02 Å². The highest BCUT2D eigenvalue weighted by Crippen LogP contribution is 2.37. The summed E-state index contributed by atoms with van der Waals surface area (Å²) < 4.78 is 43.6. The van der Waals surface area contributed by atoms with Crippen LogP contribution in [0, 0.1) is 4.91 Å². The van der Waals surface area contributed by atoms with Crippen LogP contribution in [0.25, 0.3) is 0 Å². The van der Waals surface area contributed by atoms with Crippen molar-refractivity contribution in [3.8, 4) is 5.75 Å². The molecular formula is C14H9BrClF3N2O2. The van der Waals surface area contributed by atoms with Crippen LogP contribution >= 0.6 is 27.5 Å². The molecule has 1 aromatic heterocycles. The molecule has 2 rings (SSSR count). The van der Waals surface area contributed by atoms with Gasteiger partial charge in [-0.2, -0.15) is 13.2 Å². The summed E-state index contributed by atoms with van der Waals surface area (Å²) in [5, 5.41) is 2.66. The summed E-state index contributed by atoms with van der Waals surface area (Å²) in [5.41, 5.74) is -0.625. The minimum absolute atomic E-state index is 0.0493. The van der Waals surface area contributed by atoms with Gasteiger partial charge in [-0.05, 0) is 39.7 Å². The quantitative estimate of drug-likeness (QED) is 0.637. The van der Waals surface area contributed by atoms with E-state index in [2.05, 4.69) is 26.1 Å². The van der Waals surface area contributed by atoms with Crippen LogP contribution < -0.4 is 4.74 Å². The lowest BCUT2D eigenvalue weighted by atomic mass is 10.0. The largest absolute Gasteiger partial charge is 0.496 e. The summed E-state index contributed by atoms with van der Waals surface area (Å²) in [7, 11) is 1.48. The molecule has 1 unspecified atom stereocenters. The molecule has 9 heteroatoms. The molecule has 0 saturated heterocycles. The van der Waals surface area contributed by atoms with Crippen LogP contribution in [-0.4, -0.2) is 12.1 Å². The molecule has 0 spiro atoms. The first-order valence-corrected chi connectivity index (χ1v) is 7.33. The first-order valence-electron chi connectivity index (χ1n) is 6.16. The second-order valence-electron chi connectivity index (χ2n) is 4.49. The maximum atomic E-state index is 12.6. The Kier molecular flexibility index (Phi) is 5.26. The summed E-state index contributed by atoms with van der Waals surface area (Å²) >= 11 is 9.12. The first-order chi connectivity index (χ1) is 10.8.